The number of fused-ring (bicyclic) bond motifs is 1. The van der Waals surface area contributed by atoms with Crippen molar-refractivity contribution in [2.45, 2.75) is 26.0 Å². The molecule has 5 nitrogen and oxygen atoms in total. The maximum Gasteiger partial charge on any atom is 0.222 e. The summed E-state index contributed by atoms with van der Waals surface area (Å²) in [5, 5.41) is 16.7. The van der Waals surface area contributed by atoms with Gasteiger partial charge >= 0.3 is 0 Å². The minimum absolute atomic E-state index is 0.123. The summed E-state index contributed by atoms with van der Waals surface area (Å²) in [6.45, 7) is 2.87. The summed E-state index contributed by atoms with van der Waals surface area (Å²) in [5.74, 6) is 1.22. The molecular formula is C13H16N4O. The summed E-state index contributed by atoms with van der Waals surface area (Å²) < 4.78 is 1.89. The zero-order valence-corrected chi connectivity index (χ0v) is 10.3. The van der Waals surface area contributed by atoms with Crippen LogP contribution in [-0.2, 0) is 6.61 Å². The van der Waals surface area contributed by atoms with E-state index in [1.54, 1.807) is 0 Å². The van der Waals surface area contributed by atoms with Gasteiger partial charge in [-0.1, -0.05) is 24.3 Å². The number of benzene rings is 1. The Morgan fingerprint density at radius 1 is 1.44 bits per heavy atom. The van der Waals surface area contributed by atoms with Crippen LogP contribution >= 0.6 is 0 Å². The lowest BCUT2D eigenvalue weighted by molar-refractivity contribution is 0.270. The van der Waals surface area contributed by atoms with Gasteiger partial charge in [-0.2, -0.15) is 10.1 Å². The van der Waals surface area contributed by atoms with Crippen molar-refractivity contribution < 1.29 is 5.11 Å². The van der Waals surface area contributed by atoms with Crippen LogP contribution in [0.15, 0.2) is 24.3 Å². The second kappa shape index (κ2) is 4.42. The van der Waals surface area contributed by atoms with Crippen molar-refractivity contribution >= 4 is 5.95 Å². The molecule has 2 N–H and O–H groups in total. The molecule has 1 unspecified atom stereocenters. The minimum Gasteiger partial charge on any atom is -0.388 e. The zero-order valence-electron chi connectivity index (χ0n) is 10.3. The third-order valence-corrected chi connectivity index (χ3v) is 3.36. The molecule has 1 aliphatic rings. The Labute approximate surface area is 105 Å². The van der Waals surface area contributed by atoms with Gasteiger partial charge in [-0.15, -0.1) is 0 Å². The van der Waals surface area contributed by atoms with Gasteiger partial charge in [-0.3, -0.25) is 0 Å². The fourth-order valence-electron chi connectivity index (χ4n) is 2.46. The van der Waals surface area contributed by atoms with Gasteiger partial charge in [0.15, 0.2) is 5.82 Å². The molecule has 1 atom stereocenters. The van der Waals surface area contributed by atoms with Crippen molar-refractivity contribution in [1.82, 2.24) is 14.8 Å². The van der Waals surface area contributed by atoms with Crippen LogP contribution in [0.5, 0.6) is 0 Å². The molecule has 1 aromatic carbocycles. The quantitative estimate of drug-likeness (QED) is 0.840. The van der Waals surface area contributed by atoms with Crippen LogP contribution in [0.25, 0.3) is 0 Å². The number of aryl methyl sites for hydroxylation is 1. The molecule has 2 aromatic rings. The van der Waals surface area contributed by atoms with Gasteiger partial charge in [0.25, 0.3) is 0 Å². The van der Waals surface area contributed by atoms with E-state index in [1.165, 1.54) is 11.1 Å². The summed E-state index contributed by atoms with van der Waals surface area (Å²) in [4.78, 5) is 4.27. The molecule has 2 heterocycles. The second-order valence-corrected chi connectivity index (χ2v) is 4.54. The van der Waals surface area contributed by atoms with Crippen molar-refractivity contribution in [2.75, 3.05) is 11.9 Å². The van der Waals surface area contributed by atoms with Crippen LogP contribution in [0.2, 0.25) is 0 Å². The maximum atomic E-state index is 9.13. The lowest BCUT2D eigenvalue weighted by Gasteiger charge is -2.25. The van der Waals surface area contributed by atoms with Crippen LogP contribution in [-0.4, -0.2) is 26.4 Å². The van der Waals surface area contributed by atoms with E-state index in [0.29, 0.717) is 5.82 Å². The highest BCUT2D eigenvalue weighted by Crippen LogP contribution is 2.29. The van der Waals surface area contributed by atoms with E-state index in [9.17, 15) is 0 Å². The first-order chi connectivity index (χ1) is 8.79. The molecular weight excluding hydrogens is 228 g/mol. The number of nitrogens with one attached hydrogen (secondary N) is 1. The average Bonchev–Trinajstić information content (AvgIpc) is 2.82. The third kappa shape index (κ3) is 1.76. The molecule has 1 aliphatic heterocycles. The summed E-state index contributed by atoms with van der Waals surface area (Å²) in [6.07, 6.45) is 0.978. The normalized spacial score (nSPS) is 18.2. The molecule has 0 fully saturated rings. The molecule has 0 amide bonds. The Morgan fingerprint density at radius 2 is 2.28 bits per heavy atom. The van der Waals surface area contributed by atoms with Crippen molar-refractivity contribution in [1.29, 1.82) is 0 Å². The van der Waals surface area contributed by atoms with Gasteiger partial charge < -0.3 is 10.4 Å². The summed E-state index contributed by atoms with van der Waals surface area (Å²) in [6, 6.07) is 8.54. The molecule has 18 heavy (non-hydrogen) atoms. The van der Waals surface area contributed by atoms with Gasteiger partial charge in [0, 0.05) is 6.54 Å². The number of aliphatic hydroxyl groups is 1. The maximum absolute atomic E-state index is 9.13. The Kier molecular flexibility index (Phi) is 2.76. The number of rotatable bonds is 2. The largest absolute Gasteiger partial charge is 0.388 e. The topological polar surface area (TPSA) is 63.0 Å². The predicted molar refractivity (Wildman–Crippen MR) is 68.4 cm³/mol. The predicted octanol–water partition coefficient (Wildman–Crippen LogP) is 1.48. The van der Waals surface area contributed by atoms with Crippen LogP contribution in [0.1, 0.15) is 29.4 Å². The lowest BCUT2D eigenvalue weighted by Crippen LogP contribution is -2.25. The van der Waals surface area contributed by atoms with Crippen molar-refractivity contribution in [3.63, 3.8) is 0 Å². The van der Waals surface area contributed by atoms with Gasteiger partial charge in [0.05, 0.1) is 6.04 Å². The van der Waals surface area contributed by atoms with E-state index in [0.717, 1.165) is 18.9 Å². The molecule has 1 aromatic heterocycles. The number of hydrogen-bond acceptors (Lipinski definition) is 4. The fraction of sp³-hybridized carbons (Fsp3) is 0.385. The first-order valence-electron chi connectivity index (χ1n) is 6.15. The Bertz CT molecular complexity index is 564. The summed E-state index contributed by atoms with van der Waals surface area (Å²) >= 11 is 0. The van der Waals surface area contributed by atoms with Crippen molar-refractivity contribution in [3.8, 4) is 0 Å². The molecule has 0 saturated heterocycles. The van der Waals surface area contributed by atoms with E-state index in [1.807, 2.05) is 16.8 Å². The standard InChI is InChI=1S/C13H16N4O/c1-9-4-2-3-5-10(9)11-6-7-14-13-15-12(8-18)16-17(11)13/h2-5,11,18H,6-8H2,1H3,(H,14,15,16). The fourth-order valence-corrected chi connectivity index (χ4v) is 2.46. The smallest absolute Gasteiger partial charge is 0.222 e. The molecule has 5 heteroatoms. The van der Waals surface area contributed by atoms with Crippen LogP contribution in [0.3, 0.4) is 0 Å². The number of aromatic nitrogens is 3. The monoisotopic (exact) mass is 244 g/mol. The Morgan fingerprint density at radius 3 is 3.06 bits per heavy atom. The first-order valence-corrected chi connectivity index (χ1v) is 6.15. The number of hydrogen-bond donors (Lipinski definition) is 2. The van der Waals surface area contributed by atoms with Gasteiger partial charge in [-0.05, 0) is 24.5 Å². The Hall–Kier alpha value is -1.88. The van der Waals surface area contributed by atoms with Crippen LogP contribution < -0.4 is 5.32 Å². The number of nitrogens with zero attached hydrogens (tertiary/aromatic N) is 3. The third-order valence-electron chi connectivity index (χ3n) is 3.36. The molecule has 0 saturated carbocycles. The lowest BCUT2D eigenvalue weighted by atomic mass is 9.98. The molecule has 0 bridgehead atoms. The number of aliphatic hydroxyl groups excluding tert-OH is 1. The van der Waals surface area contributed by atoms with Crippen molar-refractivity contribution in [3.05, 3.63) is 41.2 Å². The van der Waals surface area contributed by atoms with Crippen LogP contribution in [0.4, 0.5) is 5.95 Å². The molecule has 3 rings (SSSR count). The first kappa shape index (κ1) is 11.2. The molecule has 0 aliphatic carbocycles. The van der Waals surface area contributed by atoms with E-state index in [4.69, 9.17) is 5.11 Å². The van der Waals surface area contributed by atoms with E-state index in [2.05, 4.69) is 34.5 Å². The van der Waals surface area contributed by atoms with E-state index in [-0.39, 0.29) is 12.6 Å². The highest BCUT2D eigenvalue weighted by atomic mass is 16.3. The molecule has 0 spiro atoms. The van der Waals surface area contributed by atoms with Gasteiger partial charge in [0.2, 0.25) is 5.95 Å². The van der Waals surface area contributed by atoms with E-state index >= 15 is 0 Å². The number of anilines is 1. The SMILES string of the molecule is Cc1ccccc1C1CCNc2nc(CO)nn21. The Balaban J connectivity index is 2.06. The van der Waals surface area contributed by atoms with E-state index < -0.39 is 0 Å². The zero-order chi connectivity index (χ0) is 12.5. The minimum atomic E-state index is -0.123. The summed E-state index contributed by atoms with van der Waals surface area (Å²) in [5.41, 5.74) is 2.53. The highest BCUT2D eigenvalue weighted by molar-refractivity contribution is 5.36. The van der Waals surface area contributed by atoms with Crippen LogP contribution in [0, 0.1) is 6.92 Å². The molecule has 94 valence electrons. The highest BCUT2D eigenvalue weighted by Gasteiger charge is 2.24. The average molecular weight is 244 g/mol. The molecule has 0 radical (unpaired) electrons. The van der Waals surface area contributed by atoms with Crippen molar-refractivity contribution in [2.24, 2.45) is 0 Å². The summed E-state index contributed by atoms with van der Waals surface area (Å²) in [7, 11) is 0. The van der Waals surface area contributed by atoms with Gasteiger partial charge in [0.1, 0.15) is 6.61 Å². The second-order valence-electron chi connectivity index (χ2n) is 4.54. The van der Waals surface area contributed by atoms with Gasteiger partial charge in [-0.25, -0.2) is 4.68 Å².